The molecule has 0 radical (unpaired) electrons. The Morgan fingerprint density at radius 1 is 0.933 bits per heavy atom. The molecule has 148 valence electrons. The summed E-state index contributed by atoms with van der Waals surface area (Å²) in [5.74, 6) is 0.558. The van der Waals surface area contributed by atoms with Crippen molar-refractivity contribution in [1.29, 1.82) is 0 Å². The van der Waals surface area contributed by atoms with Crippen LogP contribution in [0.4, 0.5) is 0 Å². The third-order valence-corrected chi connectivity index (χ3v) is 5.64. The molecule has 1 amide bonds. The van der Waals surface area contributed by atoms with Crippen LogP contribution in [0.1, 0.15) is 27.0 Å². The fourth-order valence-corrected chi connectivity index (χ4v) is 3.95. The van der Waals surface area contributed by atoms with Gasteiger partial charge in [0, 0.05) is 11.1 Å². The van der Waals surface area contributed by atoms with Gasteiger partial charge < -0.3 is 10.1 Å². The lowest BCUT2D eigenvalue weighted by Crippen LogP contribution is -2.17. The third kappa shape index (κ3) is 4.84. The summed E-state index contributed by atoms with van der Waals surface area (Å²) in [6, 6.07) is 24.1. The van der Waals surface area contributed by atoms with Gasteiger partial charge in [-0.1, -0.05) is 90.7 Å². The predicted molar refractivity (Wildman–Crippen MR) is 123 cm³/mol. The van der Waals surface area contributed by atoms with E-state index in [9.17, 15) is 9.59 Å². The summed E-state index contributed by atoms with van der Waals surface area (Å²) in [6.45, 7) is 0.396. The molecule has 1 saturated heterocycles. The van der Waals surface area contributed by atoms with Crippen LogP contribution in [0.5, 0.6) is 5.75 Å². The van der Waals surface area contributed by atoms with Crippen LogP contribution < -0.4 is 10.1 Å². The van der Waals surface area contributed by atoms with Gasteiger partial charge in [0.1, 0.15) is 16.7 Å². The van der Waals surface area contributed by atoms with Crippen LogP contribution in [0.3, 0.4) is 0 Å². The number of nitrogens with one attached hydrogen (secondary N) is 1. The fraction of sp³-hybridized carbons (Fsp3) is 0.0417. The van der Waals surface area contributed by atoms with Crippen molar-refractivity contribution in [3.05, 3.63) is 106 Å². The van der Waals surface area contributed by atoms with Gasteiger partial charge in [0.25, 0.3) is 5.91 Å². The summed E-state index contributed by atoms with van der Waals surface area (Å²) < 4.78 is 6.30. The number of amides is 1. The smallest absolute Gasteiger partial charge is 0.263 e. The molecule has 1 aliphatic heterocycles. The molecule has 4 rings (SSSR count). The molecule has 6 heteroatoms. The Morgan fingerprint density at radius 3 is 2.23 bits per heavy atom. The van der Waals surface area contributed by atoms with Gasteiger partial charge in [0.2, 0.25) is 0 Å². The largest absolute Gasteiger partial charge is 0.489 e. The molecule has 1 heterocycles. The molecule has 30 heavy (non-hydrogen) atoms. The molecule has 0 atom stereocenters. The number of benzene rings is 3. The molecule has 0 unspecified atom stereocenters. The maximum absolute atomic E-state index is 12.5. The summed E-state index contributed by atoms with van der Waals surface area (Å²) in [4.78, 5) is 24.8. The van der Waals surface area contributed by atoms with Gasteiger partial charge in [-0.05, 0) is 29.3 Å². The second kappa shape index (κ2) is 9.07. The normalized spacial score (nSPS) is 14.6. The maximum atomic E-state index is 12.5. The van der Waals surface area contributed by atoms with Crippen molar-refractivity contribution in [3.8, 4) is 5.75 Å². The topological polar surface area (TPSA) is 55.4 Å². The van der Waals surface area contributed by atoms with E-state index < -0.39 is 0 Å². The number of carbonyl (C=O) groups excluding carboxylic acids is 2. The van der Waals surface area contributed by atoms with Crippen LogP contribution in [-0.4, -0.2) is 16.0 Å². The zero-order chi connectivity index (χ0) is 20.9. The number of hydrogen-bond donors (Lipinski definition) is 1. The Bertz CT molecular complexity index is 1120. The van der Waals surface area contributed by atoms with Crippen LogP contribution in [0.25, 0.3) is 6.08 Å². The van der Waals surface area contributed by atoms with E-state index in [2.05, 4.69) is 5.32 Å². The summed E-state index contributed by atoms with van der Waals surface area (Å²) in [7, 11) is 0. The quantitative estimate of drug-likeness (QED) is 0.339. The fourth-order valence-electron chi connectivity index (χ4n) is 2.91. The van der Waals surface area contributed by atoms with Gasteiger partial charge in [-0.25, -0.2) is 0 Å². The Hall–Kier alpha value is -3.22. The van der Waals surface area contributed by atoms with Crippen molar-refractivity contribution in [2.45, 2.75) is 6.61 Å². The monoisotopic (exact) mass is 431 g/mol. The Labute approximate surface area is 184 Å². The summed E-state index contributed by atoms with van der Waals surface area (Å²) in [5, 5.41) is 2.60. The molecule has 3 aromatic carbocycles. The lowest BCUT2D eigenvalue weighted by atomic mass is 10.0. The third-order valence-electron chi connectivity index (χ3n) is 4.48. The molecule has 4 nitrogen and oxygen atoms in total. The summed E-state index contributed by atoms with van der Waals surface area (Å²) in [5.41, 5.74) is 3.19. The minimum Gasteiger partial charge on any atom is -0.489 e. The van der Waals surface area contributed by atoms with Crippen molar-refractivity contribution in [1.82, 2.24) is 5.32 Å². The van der Waals surface area contributed by atoms with E-state index in [1.54, 1.807) is 6.08 Å². The lowest BCUT2D eigenvalue weighted by molar-refractivity contribution is -0.115. The summed E-state index contributed by atoms with van der Waals surface area (Å²) in [6.07, 6.45) is 1.80. The van der Waals surface area contributed by atoms with E-state index in [4.69, 9.17) is 17.0 Å². The second-order valence-electron chi connectivity index (χ2n) is 6.60. The first-order valence-corrected chi connectivity index (χ1v) is 10.5. The number of carbonyl (C=O) groups is 2. The number of ether oxygens (including phenoxy) is 1. The molecule has 0 aromatic heterocycles. The number of rotatable bonds is 6. The number of thioether (sulfide) groups is 1. The van der Waals surface area contributed by atoms with E-state index in [0.717, 1.165) is 16.9 Å². The number of hydrogen-bond acceptors (Lipinski definition) is 5. The van der Waals surface area contributed by atoms with E-state index in [-0.39, 0.29) is 11.7 Å². The molecule has 1 aliphatic rings. The molecule has 1 fully saturated rings. The van der Waals surface area contributed by atoms with Crippen LogP contribution in [-0.2, 0) is 11.4 Å². The SMILES string of the molecule is O=C1NC(=S)S/C1=C\c1ccc(OCc2ccc(C(=O)c3ccccc3)cc2)cc1. The van der Waals surface area contributed by atoms with E-state index in [0.29, 0.717) is 27.0 Å². The highest BCUT2D eigenvalue weighted by molar-refractivity contribution is 8.26. The minimum atomic E-state index is -0.167. The van der Waals surface area contributed by atoms with Crippen LogP contribution in [0, 0.1) is 0 Å². The highest BCUT2D eigenvalue weighted by Gasteiger charge is 2.21. The second-order valence-corrected chi connectivity index (χ2v) is 8.32. The zero-order valence-corrected chi connectivity index (χ0v) is 17.5. The molecular weight excluding hydrogens is 414 g/mol. The number of ketones is 1. The van der Waals surface area contributed by atoms with Crippen molar-refractivity contribution in [2.24, 2.45) is 0 Å². The van der Waals surface area contributed by atoms with E-state index in [1.807, 2.05) is 78.9 Å². The van der Waals surface area contributed by atoms with Crippen molar-refractivity contribution >= 4 is 46.1 Å². The highest BCUT2D eigenvalue weighted by Crippen LogP contribution is 2.26. The van der Waals surface area contributed by atoms with Crippen LogP contribution in [0.15, 0.2) is 83.8 Å². The minimum absolute atomic E-state index is 0.00245. The summed E-state index contributed by atoms with van der Waals surface area (Å²) >= 11 is 6.25. The first kappa shape index (κ1) is 20.1. The van der Waals surface area contributed by atoms with Crippen molar-refractivity contribution in [2.75, 3.05) is 0 Å². The highest BCUT2D eigenvalue weighted by atomic mass is 32.2. The van der Waals surface area contributed by atoms with Gasteiger partial charge in [0.15, 0.2) is 5.78 Å². The van der Waals surface area contributed by atoms with Gasteiger partial charge in [0.05, 0.1) is 4.91 Å². The lowest BCUT2D eigenvalue weighted by Gasteiger charge is -2.08. The van der Waals surface area contributed by atoms with Gasteiger partial charge >= 0.3 is 0 Å². The first-order valence-electron chi connectivity index (χ1n) is 9.25. The predicted octanol–water partition coefficient (Wildman–Crippen LogP) is 4.99. The van der Waals surface area contributed by atoms with Crippen molar-refractivity contribution in [3.63, 3.8) is 0 Å². The van der Waals surface area contributed by atoms with E-state index >= 15 is 0 Å². The molecule has 0 bridgehead atoms. The van der Waals surface area contributed by atoms with Crippen LogP contribution in [0.2, 0.25) is 0 Å². The van der Waals surface area contributed by atoms with Gasteiger partial charge in [-0.2, -0.15) is 0 Å². The Morgan fingerprint density at radius 2 is 1.60 bits per heavy atom. The molecule has 0 spiro atoms. The average molecular weight is 432 g/mol. The molecule has 1 N–H and O–H groups in total. The molecule has 0 saturated carbocycles. The standard InChI is InChI=1S/C24H17NO3S2/c26-22(18-4-2-1-3-5-18)19-10-6-17(7-11-19)15-28-20-12-8-16(9-13-20)14-21-23(27)25-24(29)30-21/h1-14H,15H2,(H,25,27,29)/b21-14-. The maximum Gasteiger partial charge on any atom is 0.263 e. The van der Waals surface area contributed by atoms with Crippen LogP contribution >= 0.6 is 24.0 Å². The number of thiocarbonyl (C=S) groups is 1. The van der Waals surface area contributed by atoms with E-state index in [1.165, 1.54) is 11.8 Å². The average Bonchev–Trinajstić information content (AvgIpc) is 3.10. The first-order chi connectivity index (χ1) is 14.6. The van der Waals surface area contributed by atoms with Crippen molar-refractivity contribution < 1.29 is 14.3 Å². The zero-order valence-electron chi connectivity index (χ0n) is 15.8. The Kier molecular flexibility index (Phi) is 6.07. The molecular formula is C24H17NO3S2. The molecule has 0 aliphatic carbocycles. The molecule has 3 aromatic rings. The van der Waals surface area contributed by atoms with Gasteiger partial charge in [-0.15, -0.1) is 0 Å². The van der Waals surface area contributed by atoms with Gasteiger partial charge in [-0.3, -0.25) is 9.59 Å². The Balaban J connectivity index is 1.36.